The zero-order chi connectivity index (χ0) is 13.2. The van der Waals surface area contributed by atoms with Crippen LogP contribution >= 0.6 is 11.8 Å². The van der Waals surface area contributed by atoms with E-state index in [2.05, 4.69) is 0 Å². The molecule has 1 unspecified atom stereocenters. The lowest BCUT2D eigenvalue weighted by Gasteiger charge is -2.16. The molecule has 17 heavy (non-hydrogen) atoms. The summed E-state index contributed by atoms with van der Waals surface area (Å²) in [6.45, 7) is 5.92. The first-order valence-corrected chi connectivity index (χ1v) is 6.21. The topological polar surface area (TPSA) is 49.9 Å². The van der Waals surface area contributed by atoms with Crippen molar-refractivity contribution in [3.8, 4) is 0 Å². The molecule has 0 aromatic heterocycles. The summed E-state index contributed by atoms with van der Waals surface area (Å²) in [6.07, 6.45) is 0. The molecule has 1 atom stereocenters. The third kappa shape index (κ3) is 3.43. The number of nitrogen functional groups attached to an aromatic ring is 1. The Morgan fingerprint density at radius 1 is 1.24 bits per heavy atom. The number of hydrogen-bond acceptors (Lipinski definition) is 2. The van der Waals surface area contributed by atoms with E-state index < -0.39 is 11.6 Å². The number of amidine groups is 1. The second kappa shape index (κ2) is 5.49. The summed E-state index contributed by atoms with van der Waals surface area (Å²) >= 11 is 1.16. The third-order valence-electron chi connectivity index (χ3n) is 2.55. The summed E-state index contributed by atoms with van der Waals surface area (Å²) in [4.78, 5) is -0.00352. The summed E-state index contributed by atoms with van der Waals surface area (Å²) in [7, 11) is 0. The molecule has 1 rings (SSSR count). The molecule has 1 aromatic carbocycles. The van der Waals surface area contributed by atoms with Crippen LogP contribution in [0, 0.1) is 23.0 Å². The Kier molecular flexibility index (Phi) is 4.51. The lowest BCUT2D eigenvalue weighted by atomic mass is 10.2. The Hall–Kier alpha value is -1.10. The molecule has 5 heteroatoms. The van der Waals surface area contributed by atoms with E-state index in [1.165, 1.54) is 0 Å². The van der Waals surface area contributed by atoms with E-state index in [9.17, 15) is 8.78 Å². The van der Waals surface area contributed by atoms with Gasteiger partial charge in [0.05, 0.1) is 4.90 Å². The molecule has 0 aliphatic rings. The van der Waals surface area contributed by atoms with E-state index >= 15 is 0 Å². The Balaban J connectivity index is 3.06. The van der Waals surface area contributed by atoms with E-state index in [0.717, 1.165) is 23.9 Å². The van der Waals surface area contributed by atoms with Gasteiger partial charge in [0, 0.05) is 10.8 Å². The van der Waals surface area contributed by atoms with Gasteiger partial charge in [0.2, 0.25) is 0 Å². The second-order valence-corrected chi connectivity index (χ2v) is 5.64. The van der Waals surface area contributed by atoms with Gasteiger partial charge in [0.25, 0.3) is 0 Å². The van der Waals surface area contributed by atoms with Gasteiger partial charge in [-0.3, -0.25) is 5.41 Å². The van der Waals surface area contributed by atoms with Crippen LogP contribution in [-0.2, 0) is 0 Å². The molecule has 0 amide bonds. The molecule has 0 radical (unpaired) electrons. The van der Waals surface area contributed by atoms with Crippen LogP contribution in [0.1, 0.15) is 26.3 Å². The highest BCUT2D eigenvalue weighted by Gasteiger charge is 2.17. The van der Waals surface area contributed by atoms with Crippen molar-refractivity contribution in [2.45, 2.75) is 30.9 Å². The molecule has 0 saturated carbocycles. The van der Waals surface area contributed by atoms with E-state index in [1.807, 2.05) is 20.8 Å². The largest absolute Gasteiger partial charge is 0.384 e. The summed E-state index contributed by atoms with van der Waals surface area (Å²) in [6, 6.07) is 2.20. The zero-order valence-electron chi connectivity index (χ0n) is 10.1. The van der Waals surface area contributed by atoms with Crippen LogP contribution in [-0.4, -0.2) is 11.1 Å². The van der Waals surface area contributed by atoms with Crippen LogP contribution in [0.2, 0.25) is 0 Å². The van der Waals surface area contributed by atoms with Crippen LogP contribution in [0.15, 0.2) is 17.0 Å². The molecule has 0 aliphatic heterocycles. The highest BCUT2D eigenvalue weighted by Crippen LogP contribution is 2.32. The highest BCUT2D eigenvalue weighted by molar-refractivity contribution is 8.00. The number of nitrogens with one attached hydrogen (secondary N) is 1. The average Bonchev–Trinajstić information content (AvgIpc) is 2.22. The van der Waals surface area contributed by atoms with Crippen LogP contribution in [0.5, 0.6) is 0 Å². The Morgan fingerprint density at radius 2 is 1.71 bits per heavy atom. The minimum atomic E-state index is -0.660. The van der Waals surface area contributed by atoms with Gasteiger partial charge >= 0.3 is 0 Å². The smallest absolute Gasteiger partial charge is 0.140 e. The minimum Gasteiger partial charge on any atom is -0.384 e. The van der Waals surface area contributed by atoms with Gasteiger partial charge in [-0.15, -0.1) is 11.8 Å². The molecule has 2 nitrogen and oxygen atoms in total. The van der Waals surface area contributed by atoms with Gasteiger partial charge in [-0.1, -0.05) is 20.8 Å². The minimum absolute atomic E-state index is 0.00352. The van der Waals surface area contributed by atoms with Gasteiger partial charge in [-0.2, -0.15) is 0 Å². The van der Waals surface area contributed by atoms with Crippen molar-refractivity contribution < 1.29 is 8.78 Å². The van der Waals surface area contributed by atoms with E-state index in [1.54, 1.807) is 0 Å². The molecule has 1 aromatic rings. The number of thioether (sulfide) groups is 1. The van der Waals surface area contributed by atoms with Crippen LogP contribution in [0.3, 0.4) is 0 Å². The molecule has 3 N–H and O–H groups in total. The van der Waals surface area contributed by atoms with Crippen molar-refractivity contribution in [3.63, 3.8) is 0 Å². The molecule has 0 fully saturated rings. The fraction of sp³-hybridized carbons (Fsp3) is 0.417. The lowest BCUT2D eigenvalue weighted by molar-refractivity contribution is 0.537. The Bertz CT molecular complexity index is 410. The van der Waals surface area contributed by atoms with E-state index in [4.69, 9.17) is 11.1 Å². The third-order valence-corrected chi connectivity index (χ3v) is 4.09. The quantitative estimate of drug-likeness (QED) is 0.494. The molecule has 0 heterocycles. The van der Waals surface area contributed by atoms with Crippen molar-refractivity contribution in [3.05, 3.63) is 29.3 Å². The summed E-state index contributed by atoms with van der Waals surface area (Å²) in [5.74, 6) is -1.33. The van der Waals surface area contributed by atoms with Crippen molar-refractivity contribution in [1.82, 2.24) is 0 Å². The monoisotopic (exact) mass is 258 g/mol. The first-order valence-electron chi connectivity index (χ1n) is 5.33. The standard InChI is InChI=1S/C12H16F2N2S/c1-6(2)7(3)17-11-9(13)4-8(12(15)16)5-10(11)14/h4-7H,1-3H3,(H3,15,16). The molecule has 0 spiro atoms. The van der Waals surface area contributed by atoms with Crippen molar-refractivity contribution in [2.75, 3.05) is 0 Å². The van der Waals surface area contributed by atoms with Crippen molar-refractivity contribution >= 4 is 17.6 Å². The first-order chi connectivity index (χ1) is 7.82. The zero-order valence-corrected chi connectivity index (χ0v) is 10.9. The van der Waals surface area contributed by atoms with E-state index in [-0.39, 0.29) is 21.5 Å². The number of rotatable bonds is 4. The molecule has 0 bridgehead atoms. The normalized spacial score (nSPS) is 12.8. The fourth-order valence-corrected chi connectivity index (χ4v) is 2.14. The SMILES string of the molecule is CC(C)C(C)Sc1c(F)cc(C(=N)N)cc1F. The van der Waals surface area contributed by atoms with Crippen LogP contribution in [0.4, 0.5) is 8.78 Å². The highest BCUT2D eigenvalue weighted by atomic mass is 32.2. The maximum Gasteiger partial charge on any atom is 0.140 e. The predicted molar refractivity (Wildman–Crippen MR) is 67.5 cm³/mol. The van der Waals surface area contributed by atoms with Gasteiger partial charge in [0.1, 0.15) is 17.5 Å². The van der Waals surface area contributed by atoms with Gasteiger partial charge < -0.3 is 5.73 Å². The van der Waals surface area contributed by atoms with Crippen LogP contribution in [0.25, 0.3) is 0 Å². The van der Waals surface area contributed by atoms with Crippen LogP contribution < -0.4 is 5.73 Å². The predicted octanol–water partition coefficient (Wildman–Crippen LogP) is 3.39. The van der Waals surface area contributed by atoms with E-state index in [0.29, 0.717) is 5.92 Å². The summed E-state index contributed by atoms with van der Waals surface area (Å²) < 4.78 is 27.4. The molecule has 0 aliphatic carbocycles. The van der Waals surface area contributed by atoms with Gasteiger partial charge in [0.15, 0.2) is 0 Å². The summed E-state index contributed by atoms with van der Waals surface area (Å²) in [5.41, 5.74) is 5.27. The Morgan fingerprint density at radius 3 is 2.06 bits per heavy atom. The maximum atomic E-state index is 13.7. The van der Waals surface area contributed by atoms with Crippen molar-refractivity contribution in [1.29, 1.82) is 5.41 Å². The lowest BCUT2D eigenvalue weighted by Crippen LogP contribution is -2.13. The number of nitrogens with two attached hydrogens (primary N) is 1. The summed E-state index contributed by atoms with van der Waals surface area (Å²) in [5, 5.41) is 7.26. The molecule has 0 saturated heterocycles. The second-order valence-electron chi connectivity index (χ2n) is 4.25. The number of hydrogen-bond donors (Lipinski definition) is 2. The van der Waals surface area contributed by atoms with Gasteiger partial charge in [-0.05, 0) is 18.1 Å². The molecular formula is C12H16F2N2S. The maximum absolute atomic E-state index is 13.7. The average molecular weight is 258 g/mol. The van der Waals surface area contributed by atoms with Crippen molar-refractivity contribution in [2.24, 2.45) is 11.7 Å². The molecular weight excluding hydrogens is 242 g/mol. The Labute approximate surface area is 104 Å². The fourth-order valence-electron chi connectivity index (χ4n) is 1.15. The number of benzene rings is 1. The van der Waals surface area contributed by atoms with Gasteiger partial charge in [-0.25, -0.2) is 8.78 Å². The molecule has 94 valence electrons. The first kappa shape index (κ1) is 14.0. The number of halogens is 2.